The number of amides is 1. The van der Waals surface area contributed by atoms with Crippen molar-refractivity contribution >= 4 is 5.91 Å². The van der Waals surface area contributed by atoms with Crippen LogP contribution in [0.2, 0.25) is 0 Å². The monoisotopic (exact) mass is 291 g/mol. The topological polar surface area (TPSA) is 49.8 Å². The predicted octanol–water partition coefficient (Wildman–Crippen LogP) is 1.42. The maximum absolute atomic E-state index is 13.9. The highest BCUT2D eigenvalue weighted by molar-refractivity contribution is 5.95. The van der Waals surface area contributed by atoms with Gasteiger partial charge in [-0.2, -0.15) is 0 Å². The summed E-state index contributed by atoms with van der Waals surface area (Å²) >= 11 is 0. The summed E-state index contributed by atoms with van der Waals surface area (Å²) in [6.07, 6.45) is 1.13. The van der Waals surface area contributed by atoms with Crippen molar-refractivity contribution in [3.63, 3.8) is 0 Å². The molecule has 0 aliphatic carbocycles. The van der Waals surface area contributed by atoms with Gasteiger partial charge >= 0.3 is 0 Å². The zero-order valence-corrected chi connectivity index (χ0v) is 11.9. The third-order valence-electron chi connectivity index (χ3n) is 3.43. The van der Waals surface area contributed by atoms with Crippen molar-refractivity contribution < 1.29 is 19.0 Å². The molecule has 2 rings (SSSR count). The lowest BCUT2D eigenvalue weighted by Crippen LogP contribution is -2.30. The van der Waals surface area contributed by atoms with Gasteiger partial charge in [0.2, 0.25) is 0 Å². The highest BCUT2D eigenvalue weighted by atomic mass is 19.1. The highest BCUT2D eigenvalue weighted by Crippen LogP contribution is 2.18. The standard InChI is InChI=1S/C16H18FNO3/c1-21-13-7-8-18(11-13)16(20)14-10-12(4-2-3-9-19)5-6-15(14)17/h5-6,10,13,19H,3,7-9,11H2,1H3. The Morgan fingerprint density at radius 2 is 2.38 bits per heavy atom. The van der Waals surface area contributed by atoms with Crippen LogP contribution in [0.15, 0.2) is 18.2 Å². The molecule has 1 aliphatic heterocycles. The van der Waals surface area contributed by atoms with Gasteiger partial charge in [-0.3, -0.25) is 4.79 Å². The zero-order chi connectivity index (χ0) is 15.2. The van der Waals surface area contributed by atoms with Gasteiger partial charge in [0.25, 0.3) is 5.91 Å². The van der Waals surface area contributed by atoms with Crippen molar-refractivity contribution in [2.75, 3.05) is 26.8 Å². The van der Waals surface area contributed by atoms with Crippen molar-refractivity contribution in [2.24, 2.45) is 0 Å². The summed E-state index contributed by atoms with van der Waals surface area (Å²) in [6, 6.07) is 4.24. The van der Waals surface area contributed by atoms with Crippen molar-refractivity contribution in [1.29, 1.82) is 0 Å². The van der Waals surface area contributed by atoms with E-state index in [-0.39, 0.29) is 24.2 Å². The first-order valence-electron chi connectivity index (χ1n) is 6.87. The fraction of sp³-hybridized carbons (Fsp3) is 0.438. The van der Waals surface area contributed by atoms with E-state index in [1.807, 2.05) is 0 Å². The number of hydrogen-bond donors (Lipinski definition) is 1. The molecule has 1 aromatic carbocycles. The van der Waals surface area contributed by atoms with Crippen molar-refractivity contribution in [2.45, 2.75) is 18.9 Å². The van der Waals surface area contributed by atoms with Crippen LogP contribution in [0.4, 0.5) is 4.39 Å². The lowest BCUT2D eigenvalue weighted by Gasteiger charge is -2.16. The molecule has 1 atom stereocenters. The number of halogens is 1. The van der Waals surface area contributed by atoms with Gasteiger partial charge in [-0.1, -0.05) is 11.8 Å². The average molecular weight is 291 g/mol. The summed E-state index contributed by atoms with van der Waals surface area (Å²) in [5.41, 5.74) is 0.596. The van der Waals surface area contributed by atoms with Crippen LogP contribution in [0.25, 0.3) is 0 Å². The van der Waals surface area contributed by atoms with E-state index in [1.54, 1.807) is 12.0 Å². The van der Waals surface area contributed by atoms with Gasteiger partial charge in [0.05, 0.1) is 18.3 Å². The van der Waals surface area contributed by atoms with Gasteiger partial charge in [-0.25, -0.2) is 4.39 Å². The maximum atomic E-state index is 13.9. The number of methoxy groups -OCH3 is 1. The van der Waals surface area contributed by atoms with Gasteiger partial charge in [0.1, 0.15) is 5.82 Å². The molecule has 1 N–H and O–H groups in total. The third-order valence-corrected chi connectivity index (χ3v) is 3.43. The minimum atomic E-state index is -0.548. The molecular formula is C16H18FNO3. The molecule has 5 heteroatoms. The first kappa shape index (κ1) is 15.5. The molecule has 1 fully saturated rings. The number of benzene rings is 1. The molecule has 1 amide bonds. The molecule has 0 aromatic heterocycles. The lowest BCUT2D eigenvalue weighted by molar-refractivity contribution is 0.0720. The molecule has 1 unspecified atom stereocenters. The SMILES string of the molecule is COC1CCN(C(=O)c2cc(C#CCCO)ccc2F)C1. The van der Waals surface area contributed by atoms with Gasteiger partial charge < -0.3 is 14.7 Å². The van der Waals surface area contributed by atoms with Crippen LogP contribution in [0.5, 0.6) is 0 Å². The van der Waals surface area contributed by atoms with Crippen LogP contribution in [0, 0.1) is 17.7 Å². The Morgan fingerprint density at radius 3 is 3.05 bits per heavy atom. The number of carbonyl (C=O) groups is 1. The molecule has 1 saturated heterocycles. The van der Waals surface area contributed by atoms with Crippen LogP contribution in [-0.2, 0) is 4.74 Å². The van der Waals surface area contributed by atoms with Crippen molar-refractivity contribution in [3.05, 3.63) is 35.1 Å². The number of likely N-dealkylation sites (tertiary alicyclic amines) is 1. The second-order valence-corrected chi connectivity index (χ2v) is 4.87. The molecule has 4 nitrogen and oxygen atoms in total. The van der Waals surface area contributed by atoms with E-state index in [0.29, 0.717) is 25.1 Å². The minimum absolute atomic E-state index is 0.0181. The summed E-state index contributed by atoms with van der Waals surface area (Å²) < 4.78 is 19.1. The Bertz CT molecular complexity index is 577. The van der Waals surface area contributed by atoms with Gasteiger partial charge in [-0.15, -0.1) is 0 Å². The highest BCUT2D eigenvalue weighted by Gasteiger charge is 2.28. The van der Waals surface area contributed by atoms with Crippen LogP contribution in [-0.4, -0.2) is 48.8 Å². The Hall–Kier alpha value is -1.90. The number of aliphatic hydroxyl groups is 1. The summed E-state index contributed by atoms with van der Waals surface area (Å²) in [4.78, 5) is 13.9. The molecule has 0 radical (unpaired) electrons. The van der Waals surface area contributed by atoms with Crippen molar-refractivity contribution in [3.8, 4) is 11.8 Å². The fourth-order valence-corrected chi connectivity index (χ4v) is 2.26. The minimum Gasteiger partial charge on any atom is -0.395 e. The number of ether oxygens (including phenoxy) is 1. The predicted molar refractivity (Wildman–Crippen MR) is 76.3 cm³/mol. The largest absolute Gasteiger partial charge is 0.395 e. The number of hydrogen-bond acceptors (Lipinski definition) is 3. The summed E-state index contributed by atoms with van der Waals surface area (Å²) in [5.74, 6) is 4.68. The molecule has 0 bridgehead atoms. The Balaban J connectivity index is 2.17. The van der Waals surface area contributed by atoms with Crippen LogP contribution >= 0.6 is 0 Å². The van der Waals surface area contributed by atoms with E-state index in [0.717, 1.165) is 6.42 Å². The van der Waals surface area contributed by atoms with Gasteiger partial charge in [0.15, 0.2) is 0 Å². The molecule has 0 saturated carbocycles. The molecule has 1 aromatic rings. The van der Waals surface area contributed by atoms with E-state index >= 15 is 0 Å². The lowest BCUT2D eigenvalue weighted by atomic mass is 10.1. The molecule has 1 aliphatic rings. The first-order chi connectivity index (χ1) is 10.2. The average Bonchev–Trinajstić information content (AvgIpc) is 2.97. The number of nitrogens with zero attached hydrogens (tertiary/aromatic N) is 1. The van der Waals surface area contributed by atoms with E-state index < -0.39 is 5.82 Å². The van der Waals surface area contributed by atoms with E-state index in [2.05, 4.69) is 11.8 Å². The van der Waals surface area contributed by atoms with E-state index in [9.17, 15) is 9.18 Å². The van der Waals surface area contributed by atoms with Gasteiger partial charge in [0, 0.05) is 32.2 Å². The second-order valence-electron chi connectivity index (χ2n) is 4.87. The maximum Gasteiger partial charge on any atom is 0.256 e. The summed E-state index contributed by atoms with van der Waals surface area (Å²) in [7, 11) is 1.61. The fourth-order valence-electron chi connectivity index (χ4n) is 2.26. The Morgan fingerprint density at radius 1 is 1.57 bits per heavy atom. The number of aliphatic hydroxyl groups excluding tert-OH is 1. The summed E-state index contributed by atoms with van der Waals surface area (Å²) in [6.45, 7) is 1.03. The normalized spacial score (nSPS) is 17.5. The molecule has 21 heavy (non-hydrogen) atoms. The van der Waals surface area contributed by atoms with E-state index in [1.165, 1.54) is 18.2 Å². The van der Waals surface area contributed by atoms with Crippen LogP contribution < -0.4 is 0 Å². The smallest absolute Gasteiger partial charge is 0.256 e. The number of rotatable bonds is 3. The third kappa shape index (κ3) is 3.81. The Kier molecular flexibility index (Phi) is 5.32. The first-order valence-corrected chi connectivity index (χ1v) is 6.87. The van der Waals surface area contributed by atoms with Crippen molar-refractivity contribution in [1.82, 2.24) is 4.90 Å². The molecule has 112 valence electrons. The molecule has 1 heterocycles. The Labute approximate surface area is 123 Å². The van der Waals surface area contributed by atoms with E-state index in [4.69, 9.17) is 9.84 Å². The molecular weight excluding hydrogens is 273 g/mol. The molecule has 0 spiro atoms. The zero-order valence-electron chi connectivity index (χ0n) is 11.9. The number of carbonyl (C=O) groups excluding carboxylic acids is 1. The second kappa shape index (κ2) is 7.21. The van der Waals surface area contributed by atoms with Crippen LogP contribution in [0.1, 0.15) is 28.8 Å². The van der Waals surface area contributed by atoms with Crippen LogP contribution in [0.3, 0.4) is 0 Å². The quantitative estimate of drug-likeness (QED) is 0.857. The van der Waals surface area contributed by atoms with Gasteiger partial charge in [-0.05, 0) is 24.6 Å². The summed E-state index contributed by atoms with van der Waals surface area (Å²) in [5, 5.41) is 8.69.